The Kier molecular flexibility index (Phi) is 6.89. The minimum atomic E-state index is 0. The van der Waals surface area contributed by atoms with Crippen LogP contribution in [0.4, 0.5) is 11.5 Å². The monoisotopic (exact) mass is 685 g/mol. The van der Waals surface area contributed by atoms with Gasteiger partial charge in [0.15, 0.2) is 11.6 Å². The first-order chi connectivity index (χ1) is 18.8. The van der Waals surface area contributed by atoms with Crippen molar-refractivity contribution in [2.75, 3.05) is 11.4 Å². The first-order valence-corrected chi connectivity index (χ1v) is 13.0. The number of nitrogens with zero attached hydrogens (tertiary/aromatic N) is 4. The third kappa shape index (κ3) is 4.60. The van der Waals surface area contributed by atoms with Gasteiger partial charge < -0.3 is 4.90 Å². The molecule has 0 fully saturated rings. The van der Waals surface area contributed by atoms with E-state index in [9.17, 15) is 0 Å². The van der Waals surface area contributed by atoms with Crippen LogP contribution in [0.5, 0.6) is 0 Å². The molecule has 39 heavy (non-hydrogen) atoms. The van der Waals surface area contributed by atoms with Crippen molar-refractivity contribution in [3.05, 3.63) is 127 Å². The normalized spacial score (nSPS) is 14.6. The number of rotatable bonds is 4. The second kappa shape index (κ2) is 10.6. The zero-order valence-electron chi connectivity index (χ0n) is 21.5. The van der Waals surface area contributed by atoms with Crippen molar-refractivity contribution >= 4 is 22.4 Å². The maximum Gasteiger partial charge on any atom is 2.00 e. The van der Waals surface area contributed by atoms with E-state index in [0.29, 0.717) is 5.92 Å². The second-order valence-electron chi connectivity index (χ2n) is 9.93. The van der Waals surface area contributed by atoms with Gasteiger partial charge in [0.1, 0.15) is 0 Å². The Morgan fingerprint density at radius 1 is 0.846 bits per heavy atom. The van der Waals surface area contributed by atoms with Crippen LogP contribution in [0.25, 0.3) is 39.0 Å². The van der Waals surface area contributed by atoms with Crippen molar-refractivity contribution in [2.45, 2.75) is 13.3 Å². The quantitative estimate of drug-likeness (QED) is 0.179. The molecule has 4 aromatic carbocycles. The van der Waals surface area contributed by atoms with E-state index in [2.05, 4.69) is 102 Å². The SMILES string of the molecule is CC1Cc2c([c-]c(-c3[c-]cccc3)cc2-c2ccccc2)N(c2nn(-c3ccccn3)c3ccccc23)C1.[Pt+2]. The largest absolute Gasteiger partial charge is 2.00 e. The van der Waals surface area contributed by atoms with Crippen LogP contribution in [0, 0.1) is 18.1 Å². The molecule has 1 aliphatic heterocycles. The second-order valence-corrected chi connectivity index (χ2v) is 9.93. The predicted molar refractivity (Wildman–Crippen MR) is 154 cm³/mol. The van der Waals surface area contributed by atoms with Crippen LogP contribution in [0.3, 0.4) is 0 Å². The molecule has 2 aromatic heterocycles. The standard InChI is InChI=1S/C34H26N4.Pt/c1-24-20-30-29(26-14-6-3-7-15-26)21-27(25-12-4-2-5-13-25)22-32(30)37(23-24)34-28-16-8-9-17-31(28)38(36-34)33-18-10-11-19-35-33;/h2-12,14-19,21,24H,20,23H2,1H3;/q-2;+2. The summed E-state index contributed by atoms with van der Waals surface area (Å²) in [4.78, 5) is 6.96. The molecule has 3 heterocycles. The Morgan fingerprint density at radius 3 is 2.44 bits per heavy atom. The molecule has 1 unspecified atom stereocenters. The number of benzene rings is 4. The molecule has 6 aromatic rings. The zero-order chi connectivity index (χ0) is 25.5. The molecule has 0 saturated heterocycles. The van der Waals surface area contributed by atoms with E-state index in [1.165, 1.54) is 16.7 Å². The van der Waals surface area contributed by atoms with Crippen LogP contribution in [-0.2, 0) is 27.5 Å². The summed E-state index contributed by atoms with van der Waals surface area (Å²) in [7, 11) is 0. The first-order valence-electron chi connectivity index (χ1n) is 13.0. The summed E-state index contributed by atoms with van der Waals surface area (Å²) >= 11 is 0. The van der Waals surface area contributed by atoms with Gasteiger partial charge in [-0.2, -0.15) is 36.4 Å². The maximum atomic E-state index is 5.17. The summed E-state index contributed by atoms with van der Waals surface area (Å²) in [5, 5.41) is 6.28. The van der Waals surface area contributed by atoms with Gasteiger partial charge in [-0.1, -0.05) is 67.4 Å². The van der Waals surface area contributed by atoms with Gasteiger partial charge in [0.05, 0.1) is 5.52 Å². The van der Waals surface area contributed by atoms with Crippen molar-refractivity contribution < 1.29 is 21.1 Å². The van der Waals surface area contributed by atoms with Crippen LogP contribution in [0.15, 0.2) is 109 Å². The fraction of sp³-hybridized carbons (Fsp3) is 0.118. The molecule has 5 heteroatoms. The molecule has 7 rings (SSSR count). The van der Waals surface area contributed by atoms with Crippen molar-refractivity contribution in [3.63, 3.8) is 0 Å². The summed E-state index contributed by atoms with van der Waals surface area (Å²) in [6.45, 7) is 3.18. The third-order valence-corrected chi connectivity index (χ3v) is 7.24. The van der Waals surface area contributed by atoms with E-state index >= 15 is 0 Å². The van der Waals surface area contributed by atoms with Crippen LogP contribution >= 0.6 is 0 Å². The fourth-order valence-corrected chi connectivity index (χ4v) is 5.53. The number of pyridine rings is 1. The summed E-state index contributed by atoms with van der Waals surface area (Å²) in [6.07, 6.45) is 2.80. The van der Waals surface area contributed by atoms with E-state index in [1.807, 2.05) is 41.2 Å². The molecule has 0 amide bonds. The third-order valence-electron chi connectivity index (χ3n) is 7.24. The maximum absolute atomic E-state index is 5.17. The summed E-state index contributed by atoms with van der Waals surface area (Å²) in [6, 6.07) is 42.7. The topological polar surface area (TPSA) is 34.0 Å². The van der Waals surface area contributed by atoms with E-state index in [4.69, 9.17) is 5.10 Å². The minimum Gasteiger partial charge on any atom is -0.342 e. The fourth-order valence-electron chi connectivity index (χ4n) is 5.53. The van der Waals surface area contributed by atoms with Crippen molar-refractivity contribution in [1.29, 1.82) is 0 Å². The predicted octanol–water partition coefficient (Wildman–Crippen LogP) is 7.68. The van der Waals surface area contributed by atoms with Crippen molar-refractivity contribution in [2.24, 2.45) is 5.92 Å². The number of fused-ring (bicyclic) bond motifs is 2. The molecule has 0 bridgehead atoms. The van der Waals surface area contributed by atoms with Gasteiger partial charge in [-0.15, -0.1) is 16.7 Å². The molecule has 0 spiro atoms. The number of para-hydroxylation sites is 1. The van der Waals surface area contributed by atoms with Crippen LogP contribution in [-0.4, -0.2) is 21.3 Å². The molecule has 1 atom stereocenters. The molecule has 1 aliphatic rings. The van der Waals surface area contributed by atoms with Gasteiger partial charge >= 0.3 is 21.1 Å². The Morgan fingerprint density at radius 2 is 1.64 bits per heavy atom. The van der Waals surface area contributed by atoms with Gasteiger partial charge in [0.25, 0.3) is 0 Å². The molecule has 4 nitrogen and oxygen atoms in total. The number of aromatic nitrogens is 3. The van der Waals surface area contributed by atoms with E-state index in [0.717, 1.165) is 52.3 Å². The van der Waals surface area contributed by atoms with Crippen molar-refractivity contribution in [3.8, 4) is 28.1 Å². The van der Waals surface area contributed by atoms with Gasteiger partial charge in [0.2, 0.25) is 0 Å². The van der Waals surface area contributed by atoms with Gasteiger partial charge in [-0.25, -0.2) is 20.8 Å². The Balaban J connectivity index is 0.00000277. The zero-order valence-corrected chi connectivity index (χ0v) is 23.8. The Bertz CT molecular complexity index is 1730. The summed E-state index contributed by atoms with van der Waals surface area (Å²) in [5.74, 6) is 2.19. The molecule has 0 aliphatic carbocycles. The summed E-state index contributed by atoms with van der Waals surface area (Å²) < 4.78 is 1.95. The molecular formula is C34H26N4Pt. The Hall–Kier alpha value is -4.01. The minimum absolute atomic E-state index is 0. The molecule has 0 N–H and O–H groups in total. The average molecular weight is 686 g/mol. The molecule has 0 radical (unpaired) electrons. The van der Waals surface area contributed by atoms with Crippen LogP contribution in [0.2, 0.25) is 0 Å². The number of anilines is 2. The summed E-state index contributed by atoms with van der Waals surface area (Å²) in [5.41, 5.74) is 7.98. The molecule has 192 valence electrons. The molecule has 0 saturated carbocycles. The van der Waals surface area contributed by atoms with Gasteiger partial charge in [0, 0.05) is 18.1 Å². The van der Waals surface area contributed by atoms with E-state index in [1.54, 1.807) is 0 Å². The van der Waals surface area contributed by atoms with Crippen LogP contribution in [0.1, 0.15) is 12.5 Å². The van der Waals surface area contributed by atoms with E-state index < -0.39 is 0 Å². The van der Waals surface area contributed by atoms with Crippen molar-refractivity contribution in [1.82, 2.24) is 14.8 Å². The average Bonchev–Trinajstić information content (AvgIpc) is 3.37. The first kappa shape index (κ1) is 25.3. The smallest absolute Gasteiger partial charge is 0.342 e. The van der Waals surface area contributed by atoms with Gasteiger partial charge in [-0.05, 0) is 41.4 Å². The van der Waals surface area contributed by atoms with Gasteiger partial charge in [-0.3, -0.25) is 0 Å². The number of hydrogen-bond acceptors (Lipinski definition) is 3. The molecular weight excluding hydrogens is 659 g/mol. The number of hydrogen-bond donors (Lipinski definition) is 0. The van der Waals surface area contributed by atoms with E-state index in [-0.39, 0.29) is 21.1 Å². The Labute approximate surface area is 243 Å². The van der Waals surface area contributed by atoms with Crippen LogP contribution < -0.4 is 4.90 Å².